The minimum Gasteiger partial charge on any atom is -0.406 e. The maximum absolute atomic E-state index is 13.4. The summed E-state index contributed by atoms with van der Waals surface area (Å²) < 4.78 is 82.3. The first-order chi connectivity index (χ1) is 13.0. The summed E-state index contributed by atoms with van der Waals surface area (Å²) in [6.07, 6.45) is -2.34. The molecule has 2 aromatic carbocycles. The SMILES string of the molecule is O=S(=O)(N[C@H](CC1CC1)c1ccc(F)cc1Br)c1ccc(OC(F)(F)F)cc1. The molecule has 2 aromatic rings. The molecule has 3 rings (SSSR count). The van der Waals surface area contributed by atoms with Crippen molar-refractivity contribution in [2.24, 2.45) is 5.92 Å². The molecule has 28 heavy (non-hydrogen) atoms. The van der Waals surface area contributed by atoms with E-state index < -0.39 is 34.0 Å². The second kappa shape index (κ2) is 8.00. The summed E-state index contributed by atoms with van der Waals surface area (Å²) in [5.41, 5.74) is 0.592. The Morgan fingerprint density at radius 3 is 2.32 bits per heavy atom. The second-order valence-electron chi connectivity index (χ2n) is 6.54. The van der Waals surface area contributed by atoms with E-state index >= 15 is 0 Å². The van der Waals surface area contributed by atoms with E-state index in [1.165, 1.54) is 18.2 Å². The van der Waals surface area contributed by atoms with Gasteiger partial charge in [0.1, 0.15) is 11.6 Å². The highest BCUT2D eigenvalue weighted by Gasteiger charge is 2.32. The highest BCUT2D eigenvalue weighted by Crippen LogP contribution is 2.40. The molecule has 0 unspecified atom stereocenters. The van der Waals surface area contributed by atoms with Crippen LogP contribution in [0.15, 0.2) is 51.8 Å². The normalized spacial score (nSPS) is 16.0. The zero-order chi connectivity index (χ0) is 20.5. The quantitative estimate of drug-likeness (QED) is 0.545. The van der Waals surface area contributed by atoms with E-state index in [-0.39, 0.29) is 4.90 Å². The minimum absolute atomic E-state index is 0.193. The lowest BCUT2D eigenvalue weighted by Crippen LogP contribution is -2.29. The van der Waals surface area contributed by atoms with Gasteiger partial charge in [0.15, 0.2) is 0 Å². The van der Waals surface area contributed by atoms with Gasteiger partial charge in [-0.1, -0.05) is 34.8 Å². The van der Waals surface area contributed by atoms with Crippen LogP contribution in [0.3, 0.4) is 0 Å². The van der Waals surface area contributed by atoms with Gasteiger partial charge >= 0.3 is 6.36 Å². The van der Waals surface area contributed by atoms with E-state index in [1.54, 1.807) is 0 Å². The van der Waals surface area contributed by atoms with Crippen molar-refractivity contribution in [1.82, 2.24) is 4.72 Å². The van der Waals surface area contributed by atoms with Crippen LogP contribution in [-0.2, 0) is 10.0 Å². The van der Waals surface area contributed by atoms with Crippen molar-refractivity contribution < 1.29 is 30.7 Å². The standard InChI is InChI=1S/C18H16BrF4NO3S/c19-16-10-12(20)3-8-15(16)17(9-11-1-2-11)24-28(25,26)14-6-4-13(5-7-14)27-18(21,22)23/h3-8,10-11,17,24H,1-2,9H2/t17-/m1/s1. The van der Waals surface area contributed by atoms with Gasteiger partial charge in [-0.2, -0.15) is 0 Å². The van der Waals surface area contributed by atoms with E-state index in [0.717, 1.165) is 37.1 Å². The molecule has 1 aliphatic carbocycles. The number of sulfonamides is 1. The highest BCUT2D eigenvalue weighted by atomic mass is 79.9. The predicted molar refractivity (Wildman–Crippen MR) is 97.6 cm³/mol. The van der Waals surface area contributed by atoms with Crippen molar-refractivity contribution in [3.8, 4) is 5.75 Å². The topological polar surface area (TPSA) is 55.4 Å². The largest absolute Gasteiger partial charge is 0.573 e. The van der Waals surface area contributed by atoms with Crippen LogP contribution >= 0.6 is 15.9 Å². The molecule has 1 atom stereocenters. The average molecular weight is 482 g/mol. The highest BCUT2D eigenvalue weighted by molar-refractivity contribution is 9.10. The van der Waals surface area contributed by atoms with Crippen molar-refractivity contribution in [3.63, 3.8) is 0 Å². The van der Waals surface area contributed by atoms with Gasteiger partial charge in [-0.3, -0.25) is 0 Å². The monoisotopic (exact) mass is 481 g/mol. The van der Waals surface area contributed by atoms with Crippen molar-refractivity contribution in [3.05, 3.63) is 58.3 Å². The van der Waals surface area contributed by atoms with Gasteiger partial charge in [0.2, 0.25) is 10.0 Å². The summed E-state index contributed by atoms with van der Waals surface area (Å²) in [4.78, 5) is -0.193. The van der Waals surface area contributed by atoms with Crippen LogP contribution < -0.4 is 9.46 Å². The molecule has 0 aliphatic heterocycles. The van der Waals surface area contributed by atoms with E-state index in [2.05, 4.69) is 25.4 Å². The maximum Gasteiger partial charge on any atom is 0.573 e. The molecule has 0 radical (unpaired) electrons. The number of hydrogen-bond donors (Lipinski definition) is 1. The van der Waals surface area contributed by atoms with E-state index in [4.69, 9.17) is 0 Å². The third-order valence-electron chi connectivity index (χ3n) is 4.27. The van der Waals surface area contributed by atoms with Crippen molar-refractivity contribution in [2.75, 3.05) is 0 Å². The first-order valence-corrected chi connectivity index (χ1v) is 10.6. The number of hydrogen-bond acceptors (Lipinski definition) is 3. The number of alkyl halides is 3. The molecule has 0 heterocycles. The van der Waals surface area contributed by atoms with Crippen LogP contribution in [0.25, 0.3) is 0 Å². The van der Waals surface area contributed by atoms with Crippen molar-refractivity contribution in [1.29, 1.82) is 0 Å². The molecule has 1 N–H and O–H groups in total. The second-order valence-corrected chi connectivity index (χ2v) is 9.11. The van der Waals surface area contributed by atoms with E-state index in [9.17, 15) is 26.0 Å². The summed E-state index contributed by atoms with van der Waals surface area (Å²) in [6.45, 7) is 0. The molecule has 1 fully saturated rings. The number of halogens is 5. The summed E-state index contributed by atoms with van der Waals surface area (Å²) in [5.74, 6) is -0.599. The van der Waals surface area contributed by atoms with Crippen LogP contribution in [0.2, 0.25) is 0 Å². The number of rotatable bonds is 7. The Morgan fingerprint density at radius 1 is 1.14 bits per heavy atom. The Kier molecular flexibility index (Phi) is 6.02. The van der Waals surface area contributed by atoms with Crippen LogP contribution in [0, 0.1) is 11.7 Å². The lowest BCUT2D eigenvalue weighted by atomic mass is 10.0. The Morgan fingerprint density at radius 2 is 1.79 bits per heavy atom. The zero-order valence-corrected chi connectivity index (χ0v) is 16.7. The molecular formula is C18H16BrF4NO3S. The Labute approximate surface area is 168 Å². The predicted octanol–water partition coefficient (Wildman–Crippen LogP) is 5.31. The van der Waals surface area contributed by atoms with Gasteiger partial charge in [0.05, 0.1) is 4.90 Å². The molecule has 0 aromatic heterocycles. The molecule has 4 nitrogen and oxygen atoms in total. The zero-order valence-electron chi connectivity index (χ0n) is 14.3. The van der Waals surface area contributed by atoms with Gasteiger partial charge in [-0.15, -0.1) is 13.2 Å². The third kappa shape index (κ3) is 5.68. The van der Waals surface area contributed by atoms with E-state index in [0.29, 0.717) is 22.4 Å². The molecule has 10 heteroatoms. The first kappa shape index (κ1) is 21.1. The summed E-state index contributed by atoms with van der Waals surface area (Å²) in [7, 11) is -4.01. The number of ether oxygens (including phenoxy) is 1. The van der Waals surface area contributed by atoms with Gasteiger partial charge in [0.25, 0.3) is 0 Å². The number of benzene rings is 2. The lowest BCUT2D eigenvalue weighted by Gasteiger charge is -2.20. The summed E-state index contributed by atoms with van der Waals surface area (Å²) >= 11 is 3.26. The number of nitrogens with one attached hydrogen (secondary N) is 1. The van der Waals surface area contributed by atoms with Crippen molar-refractivity contribution >= 4 is 26.0 Å². The minimum atomic E-state index is -4.86. The van der Waals surface area contributed by atoms with Crippen LogP contribution in [-0.4, -0.2) is 14.8 Å². The van der Waals surface area contributed by atoms with Gasteiger partial charge < -0.3 is 4.74 Å². The molecule has 0 saturated heterocycles. The molecular weight excluding hydrogens is 466 g/mol. The fourth-order valence-corrected chi connectivity index (χ4v) is 4.64. The maximum atomic E-state index is 13.4. The molecule has 0 bridgehead atoms. The fraction of sp³-hybridized carbons (Fsp3) is 0.333. The molecule has 0 amide bonds. The van der Waals surface area contributed by atoms with Crippen LogP contribution in [0.4, 0.5) is 17.6 Å². The third-order valence-corrected chi connectivity index (χ3v) is 6.44. The van der Waals surface area contributed by atoms with Crippen LogP contribution in [0.5, 0.6) is 5.75 Å². The van der Waals surface area contributed by atoms with Gasteiger partial charge in [-0.05, 0) is 54.3 Å². The molecule has 152 valence electrons. The smallest absolute Gasteiger partial charge is 0.406 e. The van der Waals surface area contributed by atoms with Crippen LogP contribution in [0.1, 0.15) is 30.9 Å². The van der Waals surface area contributed by atoms with Gasteiger partial charge in [0, 0.05) is 10.5 Å². The molecule has 1 saturated carbocycles. The summed E-state index contributed by atoms with van der Waals surface area (Å²) in [5, 5.41) is 0. The van der Waals surface area contributed by atoms with Crippen molar-refractivity contribution in [2.45, 2.75) is 36.6 Å². The Balaban J connectivity index is 1.82. The molecule has 1 aliphatic rings. The lowest BCUT2D eigenvalue weighted by molar-refractivity contribution is -0.274. The van der Waals surface area contributed by atoms with Gasteiger partial charge in [-0.25, -0.2) is 17.5 Å². The molecule has 0 spiro atoms. The Bertz CT molecular complexity index is 944. The van der Waals surface area contributed by atoms with E-state index in [1.807, 2.05) is 0 Å². The average Bonchev–Trinajstić information content (AvgIpc) is 3.37. The summed E-state index contributed by atoms with van der Waals surface area (Å²) in [6, 6.07) is 7.37. The first-order valence-electron chi connectivity index (χ1n) is 8.36. The fourth-order valence-electron chi connectivity index (χ4n) is 2.79. The Hall–Kier alpha value is -1.65.